The van der Waals surface area contributed by atoms with Gasteiger partial charge in [0.2, 0.25) is 6.10 Å². The Morgan fingerprint density at radius 1 is 0.926 bits per heavy atom. The van der Waals surface area contributed by atoms with E-state index in [4.69, 9.17) is 27.9 Å². The van der Waals surface area contributed by atoms with Gasteiger partial charge in [0.05, 0.1) is 0 Å². The van der Waals surface area contributed by atoms with Crippen molar-refractivity contribution in [2.45, 2.75) is 12.6 Å². The van der Waals surface area contributed by atoms with Crippen LogP contribution in [0.25, 0.3) is 0 Å². The Bertz CT molecular complexity index is 894. The number of ether oxygens (including phenoxy) is 1. The molecule has 0 aliphatic carbocycles. The van der Waals surface area contributed by atoms with Gasteiger partial charge >= 0.3 is 5.97 Å². The highest BCUT2D eigenvalue weighted by molar-refractivity contribution is 6.36. The van der Waals surface area contributed by atoms with Crippen molar-refractivity contribution in [1.82, 2.24) is 0 Å². The van der Waals surface area contributed by atoms with Crippen LogP contribution in [0.3, 0.4) is 0 Å². The molecule has 0 heterocycles. The Labute approximate surface area is 167 Å². The molecule has 3 aromatic rings. The van der Waals surface area contributed by atoms with Crippen molar-refractivity contribution in [1.29, 1.82) is 0 Å². The van der Waals surface area contributed by atoms with E-state index in [1.54, 1.807) is 54.6 Å². The zero-order valence-corrected chi connectivity index (χ0v) is 15.7. The molecule has 0 fully saturated rings. The molecule has 1 atom stereocenters. The molecule has 0 amide bonds. The van der Waals surface area contributed by atoms with Crippen LogP contribution in [0.15, 0.2) is 72.8 Å². The Hall–Kier alpha value is -2.69. The number of carbonyl (C=O) groups is 1. The van der Waals surface area contributed by atoms with Gasteiger partial charge in [-0.3, -0.25) is 0 Å². The lowest BCUT2D eigenvalue weighted by Crippen LogP contribution is -2.18. The second kappa shape index (κ2) is 8.80. The summed E-state index contributed by atoms with van der Waals surface area (Å²) in [5, 5.41) is 13.9. The number of halogens is 2. The van der Waals surface area contributed by atoms with Crippen LogP contribution in [0.4, 0.5) is 5.69 Å². The van der Waals surface area contributed by atoms with Crippen LogP contribution in [-0.2, 0) is 11.3 Å². The third kappa shape index (κ3) is 4.94. The number of carboxylic acids is 1. The number of nitrogens with one attached hydrogen (secondary N) is 1. The average Bonchev–Trinajstić information content (AvgIpc) is 2.67. The number of anilines is 1. The molecule has 3 rings (SSSR count). The smallest absolute Gasteiger partial charge is 0.349 e. The van der Waals surface area contributed by atoms with E-state index in [-0.39, 0.29) is 0 Å². The highest BCUT2D eigenvalue weighted by atomic mass is 35.5. The number of hydrogen-bond donors (Lipinski definition) is 2. The Kier molecular flexibility index (Phi) is 6.22. The van der Waals surface area contributed by atoms with Crippen LogP contribution < -0.4 is 10.1 Å². The highest BCUT2D eigenvalue weighted by Gasteiger charge is 2.21. The molecular weight excluding hydrogens is 385 g/mol. The van der Waals surface area contributed by atoms with Gasteiger partial charge in [-0.05, 0) is 36.4 Å². The van der Waals surface area contributed by atoms with Crippen molar-refractivity contribution in [3.8, 4) is 5.75 Å². The summed E-state index contributed by atoms with van der Waals surface area (Å²) >= 11 is 12.3. The summed E-state index contributed by atoms with van der Waals surface area (Å²) in [5.41, 5.74) is 2.24. The molecular formula is C21H17Cl2NO3. The second-order valence-corrected chi connectivity index (χ2v) is 6.64. The molecule has 0 spiro atoms. The van der Waals surface area contributed by atoms with Crippen molar-refractivity contribution >= 4 is 34.9 Å². The summed E-state index contributed by atoms with van der Waals surface area (Å²) in [5.74, 6) is -0.579. The average molecular weight is 402 g/mol. The normalized spacial score (nSPS) is 11.6. The minimum absolute atomic E-state index is 0.465. The van der Waals surface area contributed by atoms with E-state index in [1.807, 2.05) is 18.2 Å². The van der Waals surface area contributed by atoms with Crippen LogP contribution in [0.1, 0.15) is 17.2 Å². The summed E-state index contributed by atoms with van der Waals surface area (Å²) in [6, 6.07) is 21.3. The number of benzene rings is 3. The van der Waals surface area contributed by atoms with E-state index in [1.165, 1.54) is 0 Å². The van der Waals surface area contributed by atoms with Crippen LogP contribution in [0, 0.1) is 0 Å². The maximum Gasteiger partial charge on any atom is 0.349 e. The number of hydrogen-bond acceptors (Lipinski definition) is 3. The third-order valence-corrected chi connectivity index (χ3v) is 4.67. The summed E-state index contributed by atoms with van der Waals surface area (Å²) in [6.45, 7) is 0.473. The molecule has 0 aromatic heterocycles. The van der Waals surface area contributed by atoms with Crippen molar-refractivity contribution in [2.75, 3.05) is 5.32 Å². The molecule has 6 heteroatoms. The molecule has 3 aromatic carbocycles. The van der Waals surface area contributed by atoms with E-state index in [2.05, 4.69) is 5.32 Å². The third-order valence-electron chi connectivity index (χ3n) is 3.97. The molecule has 0 aliphatic rings. The zero-order chi connectivity index (χ0) is 19.2. The number of carboxylic acid groups (broad SMARTS) is 1. The first-order chi connectivity index (χ1) is 13.0. The van der Waals surface area contributed by atoms with Gasteiger partial charge in [0.15, 0.2) is 0 Å². The predicted molar refractivity (Wildman–Crippen MR) is 108 cm³/mol. The fourth-order valence-electron chi connectivity index (χ4n) is 2.57. The number of rotatable bonds is 7. The first kappa shape index (κ1) is 19.1. The van der Waals surface area contributed by atoms with Gasteiger partial charge in [-0.15, -0.1) is 0 Å². The van der Waals surface area contributed by atoms with Gasteiger partial charge < -0.3 is 15.2 Å². The van der Waals surface area contributed by atoms with Gasteiger partial charge in [0.1, 0.15) is 5.75 Å². The fourth-order valence-corrected chi connectivity index (χ4v) is 3.10. The summed E-state index contributed by atoms with van der Waals surface area (Å²) in [4.78, 5) is 11.5. The summed E-state index contributed by atoms with van der Waals surface area (Å²) in [6.07, 6.45) is -1.06. The van der Waals surface area contributed by atoms with Crippen LogP contribution in [0.2, 0.25) is 10.0 Å². The minimum atomic E-state index is -1.06. The Morgan fingerprint density at radius 3 is 2.15 bits per heavy atom. The predicted octanol–water partition coefficient (Wildman–Crippen LogP) is 5.81. The van der Waals surface area contributed by atoms with Crippen molar-refractivity contribution in [2.24, 2.45) is 0 Å². The standard InChI is InChI=1S/C21H17Cl2NO3/c22-18-7-4-8-19(23)17(18)13-24-15-9-11-16(12-10-15)27-20(21(25)26)14-5-2-1-3-6-14/h1-12,20,24H,13H2,(H,25,26)/t20-/m0/s1. The SMILES string of the molecule is O=C(O)[C@@H](Oc1ccc(NCc2c(Cl)cccc2Cl)cc1)c1ccccc1. The maximum atomic E-state index is 11.5. The molecule has 0 unspecified atom stereocenters. The molecule has 27 heavy (non-hydrogen) atoms. The molecule has 0 bridgehead atoms. The van der Waals surface area contributed by atoms with E-state index in [0.717, 1.165) is 11.3 Å². The van der Waals surface area contributed by atoms with E-state index in [0.29, 0.717) is 27.9 Å². The lowest BCUT2D eigenvalue weighted by atomic mass is 10.1. The second-order valence-electron chi connectivity index (χ2n) is 5.82. The monoisotopic (exact) mass is 401 g/mol. The Balaban J connectivity index is 1.67. The van der Waals surface area contributed by atoms with Gasteiger partial charge in [0.25, 0.3) is 0 Å². The molecule has 2 N–H and O–H groups in total. The van der Waals surface area contributed by atoms with E-state index in [9.17, 15) is 9.90 Å². The number of aliphatic carboxylic acids is 1. The lowest BCUT2D eigenvalue weighted by Gasteiger charge is -2.16. The maximum absolute atomic E-state index is 11.5. The largest absolute Gasteiger partial charge is 0.478 e. The molecule has 0 saturated carbocycles. The van der Waals surface area contributed by atoms with Gasteiger partial charge in [-0.1, -0.05) is 59.6 Å². The van der Waals surface area contributed by atoms with Gasteiger partial charge in [-0.2, -0.15) is 0 Å². The van der Waals surface area contributed by atoms with Crippen LogP contribution in [-0.4, -0.2) is 11.1 Å². The molecule has 0 aliphatic heterocycles. The topological polar surface area (TPSA) is 58.6 Å². The molecule has 0 radical (unpaired) electrons. The Morgan fingerprint density at radius 2 is 1.56 bits per heavy atom. The van der Waals surface area contributed by atoms with E-state index >= 15 is 0 Å². The summed E-state index contributed by atoms with van der Waals surface area (Å²) < 4.78 is 5.65. The van der Waals surface area contributed by atoms with Crippen molar-refractivity contribution in [3.63, 3.8) is 0 Å². The minimum Gasteiger partial charge on any atom is -0.478 e. The quantitative estimate of drug-likeness (QED) is 0.524. The summed E-state index contributed by atoms with van der Waals surface area (Å²) in [7, 11) is 0. The lowest BCUT2D eigenvalue weighted by molar-refractivity contribution is -0.145. The first-order valence-corrected chi connectivity index (χ1v) is 9.01. The van der Waals surface area contributed by atoms with Crippen molar-refractivity contribution in [3.05, 3.63) is 94.0 Å². The van der Waals surface area contributed by atoms with Gasteiger partial charge in [-0.25, -0.2) is 4.79 Å². The molecule has 4 nitrogen and oxygen atoms in total. The van der Waals surface area contributed by atoms with Crippen LogP contribution >= 0.6 is 23.2 Å². The van der Waals surface area contributed by atoms with E-state index < -0.39 is 12.1 Å². The molecule has 138 valence electrons. The first-order valence-electron chi connectivity index (χ1n) is 8.26. The van der Waals surface area contributed by atoms with Crippen LogP contribution in [0.5, 0.6) is 5.75 Å². The molecule has 0 saturated heterocycles. The zero-order valence-electron chi connectivity index (χ0n) is 14.2. The van der Waals surface area contributed by atoms with Gasteiger partial charge in [0, 0.05) is 33.4 Å². The fraction of sp³-hybridized carbons (Fsp3) is 0.0952. The van der Waals surface area contributed by atoms with Crippen molar-refractivity contribution < 1.29 is 14.6 Å². The highest BCUT2D eigenvalue weighted by Crippen LogP contribution is 2.27.